The van der Waals surface area contributed by atoms with Crippen LogP contribution in [-0.2, 0) is 10.0 Å². The molecule has 2 amide bonds. The van der Waals surface area contributed by atoms with E-state index in [-0.39, 0.29) is 10.8 Å². The summed E-state index contributed by atoms with van der Waals surface area (Å²) in [6.07, 6.45) is 0. The second kappa shape index (κ2) is 11.3. The summed E-state index contributed by atoms with van der Waals surface area (Å²) in [5.74, 6) is -0.0682. The zero-order valence-electron chi connectivity index (χ0n) is 24.7. The molecule has 0 spiro atoms. The molecule has 1 saturated heterocycles. The van der Waals surface area contributed by atoms with Crippen LogP contribution >= 0.6 is 0 Å². The highest BCUT2D eigenvalue weighted by molar-refractivity contribution is 7.92. The number of sulfonamides is 1. The van der Waals surface area contributed by atoms with Crippen molar-refractivity contribution in [3.05, 3.63) is 89.5 Å². The molecule has 0 atom stereocenters. The number of H-pyrrole nitrogens is 1. The van der Waals surface area contributed by atoms with Gasteiger partial charge in [0.1, 0.15) is 5.75 Å². The van der Waals surface area contributed by atoms with Gasteiger partial charge in [-0.15, -0.1) is 0 Å². The molecule has 4 aromatic carbocycles. The predicted molar refractivity (Wildman–Crippen MR) is 172 cm³/mol. The average molecular weight is 612 g/mol. The fourth-order valence-electron chi connectivity index (χ4n) is 5.76. The summed E-state index contributed by atoms with van der Waals surface area (Å²) in [6, 6.07) is 20.6. The summed E-state index contributed by atoms with van der Waals surface area (Å²) >= 11 is 0. The Morgan fingerprint density at radius 3 is 2.34 bits per heavy atom. The lowest BCUT2D eigenvalue weighted by molar-refractivity contribution is 0.0664. The van der Waals surface area contributed by atoms with E-state index in [4.69, 9.17) is 10.5 Å². The Morgan fingerprint density at radius 1 is 0.932 bits per heavy atom. The number of benzene rings is 4. The summed E-state index contributed by atoms with van der Waals surface area (Å²) in [4.78, 5) is 33.3. The normalized spacial score (nSPS) is 14.2. The van der Waals surface area contributed by atoms with E-state index >= 15 is 0 Å². The lowest BCUT2D eigenvalue weighted by Crippen LogP contribution is -2.47. The van der Waals surface area contributed by atoms with Gasteiger partial charge < -0.3 is 25.3 Å². The SMILES string of the molecule is COc1ccc(S(=O)(=O)Nc2cccc(-c3ccc(C(N)=O)c4[nH]c5cc(C(=O)N6CCN(C)CC6)ccc5c34)c2C)cc1. The molecule has 11 heteroatoms. The van der Waals surface area contributed by atoms with E-state index in [0.29, 0.717) is 52.3 Å². The molecule has 4 N–H and O–H groups in total. The number of hydrogen-bond donors (Lipinski definition) is 3. The van der Waals surface area contributed by atoms with Crippen LogP contribution in [0.3, 0.4) is 0 Å². The van der Waals surface area contributed by atoms with Crippen molar-refractivity contribution < 1.29 is 22.7 Å². The van der Waals surface area contributed by atoms with Crippen LogP contribution in [-0.4, -0.2) is 75.4 Å². The molecule has 0 saturated carbocycles. The molecule has 0 aliphatic carbocycles. The van der Waals surface area contributed by atoms with E-state index in [1.54, 1.807) is 30.3 Å². The van der Waals surface area contributed by atoms with Crippen LogP contribution in [0.2, 0.25) is 0 Å². The third kappa shape index (κ3) is 5.24. The van der Waals surface area contributed by atoms with Gasteiger partial charge in [-0.1, -0.05) is 24.3 Å². The van der Waals surface area contributed by atoms with Crippen molar-refractivity contribution in [2.24, 2.45) is 5.73 Å². The smallest absolute Gasteiger partial charge is 0.261 e. The zero-order chi connectivity index (χ0) is 31.2. The number of ether oxygens (including phenoxy) is 1. The third-order valence-corrected chi connectivity index (χ3v) is 9.68. The van der Waals surface area contributed by atoms with Gasteiger partial charge in [-0.05, 0) is 79.2 Å². The first-order valence-corrected chi connectivity index (χ1v) is 15.7. The second-order valence-electron chi connectivity index (χ2n) is 11.0. The minimum Gasteiger partial charge on any atom is -0.497 e. The van der Waals surface area contributed by atoms with Gasteiger partial charge in [0.2, 0.25) is 0 Å². The van der Waals surface area contributed by atoms with E-state index in [2.05, 4.69) is 14.6 Å². The Kier molecular flexibility index (Phi) is 7.52. The second-order valence-corrected chi connectivity index (χ2v) is 12.7. The fraction of sp³-hybridized carbons (Fsp3) is 0.212. The monoisotopic (exact) mass is 611 g/mol. The molecule has 1 aliphatic rings. The fourth-order valence-corrected chi connectivity index (χ4v) is 6.89. The molecule has 10 nitrogen and oxygen atoms in total. The number of primary amides is 1. The summed E-state index contributed by atoms with van der Waals surface area (Å²) in [5, 5.41) is 1.57. The van der Waals surface area contributed by atoms with Crippen molar-refractivity contribution in [3.63, 3.8) is 0 Å². The maximum Gasteiger partial charge on any atom is 0.261 e. The molecular formula is C33H33N5O5S. The van der Waals surface area contributed by atoms with Crippen molar-refractivity contribution in [3.8, 4) is 16.9 Å². The predicted octanol–water partition coefficient (Wildman–Crippen LogP) is 4.59. The molecular weight excluding hydrogens is 578 g/mol. The van der Waals surface area contributed by atoms with E-state index in [1.165, 1.54) is 19.2 Å². The highest BCUT2D eigenvalue weighted by Gasteiger charge is 2.23. The van der Waals surface area contributed by atoms with Gasteiger partial charge in [-0.2, -0.15) is 0 Å². The number of nitrogens with two attached hydrogens (primary N) is 1. The van der Waals surface area contributed by atoms with E-state index in [9.17, 15) is 18.0 Å². The number of carbonyl (C=O) groups excluding carboxylic acids is 2. The standard InChI is InChI=1S/C33H33N5O5S/c1-20-24(5-4-6-28(20)36-44(41,42)23-10-8-22(43-3)9-11-23)25-13-14-27(32(34)39)31-30(25)26-12-7-21(19-29(26)35-31)33(40)38-17-15-37(2)16-18-38/h4-14,19,35-36H,15-18H2,1-3H3,(H2,34,39). The van der Waals surface area contributed by atoms with Crippen molar-refractivity contribution >= 4 is 49.3 Å². The number of methoxy groups -OCH3 is 1. The topological polar surface area (TPSA) is 138 Å². The number of hydrogen-bond acceptors (Lipinski definition) is 6. The molecule has 0 bridgehead atoms. The first kappa shape index (κ1) is 29.2. The summed E-state index contributed by atoms with van der Waals surface area (Å²) < 4.78 is 34.4. The molecule has 5 aromatic rings. The first-order valence-electron chi connectivity index (χ1n) is 14.2. The number of anilines is 1. The third-order valence-electron chi connectivity index (χ3n) is 8.29. The summed E-state index contributed by atoms with van der Waals surface area (Å²) in [7, 11) is -0.322. The molecule has 226 valence electrons. The van der Waals surface area contributed by atoms with Crippen molar-refractivity contribution in [1.82, 2.24) is 14.8 Å². The Bertz CT molecular complexity index is 2030. The first-order chi connectivity index (χ1) is 21.1. The van der Waals surface area contributed by atoms with Crippen LogP contribution in [0.25, 0.3) is 32.9 Å². The Labute approximate surface area is 255 Å². The summed E-state index contributed by atoms with van der Waals surface area (Å²) in [6.45, 7) is 4.80. The molecule has 1 aliphatic heterocycles. The number of fused-ring (bicyclic) bond motifs is 3. The van der Waals surface area contributed by atoms with Gasteiger partial charge in [0.05, 0.1) is 28.8 Å². The molecule has 1 aromatic heterocycles. The van der Waals surface area contributed by atoms with E-state index < -0.39 is 15.9 Å². The van der Waals surface area contributed by atoms with Crippen LogP contribution in [0.4, 0.5) is 5.69 Å². The van der Waals surface area contributed by atoms with Crippen molar-refractivity contribution in [2.45, 2.75) is 11.8 Å². The Morgan fingerprint density at radius 2 is 1.66 bits per heavy atom. The lowest BCUT2D eigenvalue weighted by atomic mass is 9.93. The number of carbonyl (C=O) groups is 2. The minimum atomic E-state index is -3.88. The summed E-state index contributed by atoms with van der Waals surface area (Å²) in [5.41, 5.74) is 10.6. The van der Waals surface area contributed by atoms with Crippen LogP contribution in [0, 0.1) is 6.92 Å². The Hall–Kier alpha value is -4.87. The molecule has 0 radical (unpaired) electrons. The molecule has 2 heterocycles. The number of nitrogens with one attached hydrogen (secondary N) is 2. The van der Waals surface area contributed by atoms with Gasteiger partial charge >= 0.3 is 0 Å². The largest absolute Gasteiger partial charge is 0.497 e. The van der Waals surface area contributed by atoms with Gasteiger partial charge in [0.15, 0.2) is 0 Å². The number of nitrogens with zero attached hydrogens (tertiary/aromatic N) is 2. The number of likely N-dealkylation sites (N-methyl/N-ethyl adjacent to an activating group) is 1. The number of aromatic amines is 1. The number of piperazine rings is 1. The van der Waals surface area contributed by atoms with Crippen LogP contribution in [0.1, 0.15) is 26.3 Å². The molecule has 1 fully saturated rings. The Balaban J connectivity index is 1.43. The molecule has 6 rings (SSSR count). The zero-order valence-corrected chi connectivity index (χ0v) is 25.5. The highest BCUT2D eigenvalue weighted by atomic mass is 32.2. The van der Waals surface area contributed by atoms with Crippen LogP contribution < -0.4 is 15.2 Å². The van der Waals surface area contributed by atoms with Gasteiger partial charge in [-0.25, -0.2) is 8.42 Å². The van der Waals surface area contributed by atoms with Crippen molar-refractivity contribution in [2.75, 3.05) is 45.1 Å². The van der Waals surface area contributed by atoms with Gasteiger partial charge in [-0.3, -0.25) is 14.3 Å². The molecule has 0 unspecified atom stereocenters. The number of amides is 2. The maximum absolute atomic E-state index is 13.3. The van der Waals surface area contributed by atoms with Crippen LogP contribution in [0.15, 0.2) is 77.7 Å². The lowest BCUT2D eigenvalue weighted by Gasteiger charge is -2.32. The van der Waals surface area contributed by atoms with Gasteiger partial charge in [0, 0.05) is 48.0 Å². The minimum absolute atomic E-state index is 0.0401. The molecule has 44 heavy (non-hydrogen) atoms. The maximum atomic E-state index is 13.3. The van der Waals surface area contributed by atoms with Gasteiger partial charge in [0.25, 0.3) is 21.8 Å². The van der Waals surface area contributed by atoms with Crippen LogP contribution in [0.5, 0.6) is 5.75 Å². The van der Waals surface area contributed by atoms with E-state index in [0.717, 1.165) is 35.0 Å². The number of rotatable bonds is 7. The highest BCUT2D eigenvalue weighted by Crippen LogP contribution is 2.39. The average Bonchev–Trinajstić information content (AvgIpc) is 3.40. The number of aromatic nitrogens is 1. The van der Waals surface area contributed by atoms with E-state index in [1.807, 2.05) is 49.2 Å². The quantitative estimate of drug-likeness (QED) is 0.246. The van der Waals surface area contributed by atoms with Crippen molar-refractivity contribution in [1.29, 1.82) is 0 Å².